The number of thiophene rings is 1. The first-order valence-corrected chi connectivity index (χ1v) is 8.70. The molecule has 3 aromatic rings. The zero-order valence-electron chi connectivity index (χ0n) is 12.8. The molecule has 118 valence electrons. The van der Waals surface area contributed by atoms with Gasteiger partial charge in [0.25, 0.3) is 0 Å². The molecule has 2 aromatic carbocycles. The van der Waals surface area contributed by atoms with Crippen molar-refractivity contribution in [1.29, 1.82) is 0 Å². The number of carbonyl (C=O) groups is 1. The van der Waals surface area contributed by atoms with Crippen LogP contribution >= 0.6 is 11.3 Å². The van der Waals surface area contributed by atoms with Crippen molar-refractivity contribution in [2.75, 3.05) is 11.4 Å². The molecule has 1 N–H and O–H groups in total. The number of para-hydroxylation sites is 1. The number of aliphatic imine (C=N–C) groups is 1. The zero-order chi connectivity index (χ0) is 16.3. The van der Waals surface area contributed by atoms with Crippen molar-refractivity contribution in [3.05, 3.63) is 60.2 Å². The molecule has 4 nitrogen and oxygen atoms in total. The standard InChI is InChI=1S/C19H14N2O2S/c22-16-15-13-8-4-5-9-14(13)24-17(15)20-18-19(16,23)10-11-21(18)12-6-2-1-3-7-12/h1-9,23H,10-11H2/t19-/m1/s1. The number of amidine groups is 1. The van der Waals surface area contributed by atoms with Gasteiger partial charge in [-0.05, 0) is 18.2 Å². The third-order valence-electron chi connectivity index (χ3n) is 4.78. The third kappa shape index (κ3) is 1.71. The normalized spacial score (nSPS) is 22.5. The number of benzene rings is 2. The Hall–Kier alpha value is -2.50. The van der Waals surface area contributed by atoms with E-state index in [0.29, 0.717) is 29.4 Å². The number of aliphatic hydroxyl groups is 1. The lowest BCUT2D eigenvalue weighted by Crippen LogP contribution is -2.48. The van der Waals surface area contributed by atoms with Crippen molar-refractivity contribution >= 4 is 43.7 Å². The lowest BCUT2D eigenvalue weighted by Gasteiger charge is -2.28. The Balaban J connectivity index is 1.74. The number of rotatable bonds is 1. The predicted molar refractivity (Wildman–Crippen MR) is 96.6 cm³/mol. The van der Waals surface area contributed by atoms with Crippen LogP contribution in [0.4, 0.5) is 10.7 Å². The number of ketones is 1. The van der Waals surface area contributed by atoms with Gasteiger partial charge in [0.05, 0.1) is 5.56 Å². The third-order valence-corrected chi connectivity index (χ3v) is 5.84. The minimum atomic E-state index is -1.52. The number of nitrogens with zero attached hydrogens (tertiary/aromatic N) is 2. The molecule has 5 rings (SSSR count). The van der Waals surface area contributed by atoms with E-state index in [-0.39, 0.29) is 5.78 Å². The first-order valence-electron chi connectivity index (χ1n) is 7.89. The van der Waals surface area contributed by atoms with Crippen LogP contribution in [0.5, 0.6) is 0 Å². The summed E-state index contributed by atoms with van der Waals surface area (Å²) in [6, 6.07) is 17.6. The number of hydrogen-bond donors (Lipinski definition) is 1. The van der Waals surface area contributed by atoms with Crippen LogP contribution in [-0.4, -0.2) is 28.9 Å². The van der Waals surface area contributed by atoms with Gasteiger partial charge >= 0.3 is 0 Å². The second-order valence-corrected chi connectivity index (χ2v) is 7.17. The molecule has 0 saturated carbocycles. The fourth-order valence-corrected chi connectivity index (χ4v) is 4.65. The number of fused-ring (bicyclic) bond motifs is 4. The van der Waals surface area contributed by atoms with Crippen LogP contribution in [0.25, 0.3) is 10.1 Å². The lowest BCUT2D eigenvalue weighted by molar-refractivity contribution is 0.0604. The molecule has 0 amide bonds. The number of hydrogen-bond acceptors (Lipinski definition) is 5. The second kappa shape index (κ2) is 4.75. The van der Waals surface area contributed by atoms with Gasteiger partial charge in [-0.3, -0.25) is 4.79 Å². The molecule has 1 saturated heterocycles. The minimum Gasteiger partial charge on any atom is -0.374 e. The second-order valence-electron chi connectivity index (χ2n) is 6.14. The topological polar surface area (TPSA) is 52.9 Å². The first-order chi connectivity index (χ1) is 11.7. The quantitative estimate of drug-likeness (QED) is 0.737. The molecule has 2 aliphatic rings. The van der Waals surface area contributed by atoms with Crippen molar-refractivity contribution in [1.82, 2.24) is 0 Å². The fraction of sp³-hybridized carbons (Fsp3) is 0.158. The smallest absolute Gasteiger partial charge is 0.205 e. The fourth-order valence-electron chi connectivity index (χ4n) is 3.58. The number of Topliss-reactive ketones (excluding diaryl/α,β-unsaturated/α-hetero) is 1. The Morgan fingerprint density at radius 1 is 1.08 bits per heavy atom. The lowest BCUT2D eigenvalue weighted by atomic mass is 9.88. The highest BCUT2D eigenvalue weighted by molar-refractivity contribution is 7.23. The zero-order valence-corrected chi connectivity index (χ0v) is 13.6. The summed E-state index contributed by atoms with van der Waals surface area (Å²) in [6.45, 7) is 0.581. The summed E-state index contributed by atoms with van der Waals surface area (Å²) in [4.78, 5) is 19.8. The molecule has 0 bridgehead atoms. The van der Waals surface area contributed by atoms with Crippen LogP contribution in [0.15, 0.2) is 59.6 Å². The van der Waals surface area contributed by atoms with Gasteiger partial charge in [-0.1, -0.05) is 36.4 Å². The van der Waals surface area contributed by atoms with Gasteiger partial charge < -0.3 is 10.0 Å². The molecule has 2 aliphatic heterocycles. The highest BCUT2D eigenvalue weighted by Crippen LogP contribution is 2.46. The summed E-state index contributed by atoms with van der Waals surface area (Å²) >= 11 is 1.50. The Bertz CT molecular complexity index is 1010. The molecule has 1 fully saturated rings. The van der Waals surface area contributed by atoms with E-state index in [2.05, 4.69) is 0 Å². The minimum absolute atomic E-state index is 0.224. The van der Waals surface area contributed by atoms with E-state index < -0.39 is 5.60 Å². The molecular weight excluding hydrogens is 320 g/mol. The monoisotopic (exact) mass is 334 g/mol. The summed E-state index contributed by atoms with van der Waals surface area (Å²) in [5, 5.41) is 12.7. The first kappa shape index (κ1) is 13.9. The molecule has 24 heavy (non-hydrogen) atoms. The van der Waals surface area contributed by atoms with Gasteiger partial charge in [0, 0.05) is 28.7 Å². The highest BCUT2D eigenvalue weighted by Gasteiger charge is 2.53. The summed E-state index contributed by atoms with van der Waals surface area (Å²) < 4.78 is 1.02. The Kier molecular flexibility index (Phi) is 2.75. The van der Waals surface area contributed by atoms with Crippen LogP contribution < -0.4 is 4.90 Å². The van der Waals surface area contributed by atoms with Gasteiger partial charge in [-0.25, -0.2) is 4.99 Å². The molecule has 5 heteroatoms. The maximum atomic E-state index is 13.1. The largest absolute Gasteiger partial charge is 0.374 e. The predicted octanol–water partition coefficient (Wildman–Crippen LogP) is 3.77. The van der Waals surface area contributed by atoms with E-state index in [4.69, 9.17) is 4.99 Å². The van der Waals surface area contributed by atoms with Crippen LogP contribution in [0.3, 0.4) is 0 Å². The van der Waals surface area contributed by atoms with Gasteiger partial charge in [0.1, 0.15) is 5.00 Å². The summed E-state index contributed by atoms with van der Waals surface area (Å²) in [5.74, 6) is 0.233. The molecule has 0 spiro atoms. The van der Waals surface area contributed by atoms with Crippen molar-refractivity contribution in [3.63, 3.8) is 0 Å². The van der Waals surface area contributed by atoms with Gasteiger partial charge in [0.2, 0.25) is 5.78 Å². The van der Waals surface area contributed by atoms with Crippen LogP contribution in [0.1, 0.15) is 16.8 Å². The van der Waals surface area contributed by atoms with Gasteiger partial charge in [-0.2, -0.15) is 0 Å². The van der Waals surface area contributed by atoms with Crippen LogP contribution in [0, 0.1) is 0 Å². The maximum Gasteiger partial charge on any atom is 0.205 e. The Labute approximate surface area is 142 Å². The van der Waals surface area contributed by atoms with Gasteiger partial charge in [-0.15, -0.1) is 11.3 Å². The SMILES string of the molecule is O=C1c2c(sc3ccccc23)N=C2N(c3ccccc3)CC[C@@]12O. The Morgan fingerprint density at radius 3 is 2.67 bits per heavy atom. The van der Waals surface area contributed by atoms with Crippen molar-refractivity contribution in [3.8, 4) is 0 Å². The average Bonchev–Trinajstić information content (AvgIpc) is 3.15. The van der Waals surface area contributed by atoms with Crippen molar-refractivity contribution in [2.24, 2.45) is 4.99 Å². The number of anilines is 1. The summed E-state index contributed by atoms with van der Waals surface area (Å²) in [7, 11) is 0. The van der Waals surface area contributed by atoms with Gasteiger partial charge in [0.15, 0.2) is 11.4 Å². The van der Waals surface area contributed by atoms with Crippen LogP contribution in [0.2, 0.25) is 0 Å². The van der Waals surface area contributed by atoms with E-state index in [1.807, 2.05) is 59.5 Å². The molecule has 1 aromatic heterocycles. The highest BCUT2D eigenvalue weighted by atomic mass is 32.1. The van der Waals surface area contributed by atoms with E-state index in [0.717, 1.165) is 15.8 Å². The van der Waals surface area contributed by atoms with Crippen molar-refractivity contribution in [2.45, 2.75) is 12.0 Å². The van der Waals surface area contributed by atoms with E-state index in [1.165, 1.54) is 11.3 Å². The summed E-state index contributed by atoms with van der Waals surface area (Å²) in [5.41, 5.74) is -0.00605. The summed E-state index contributed by atoms with van der Waals surface area (Å²) in [6.07, 6.45) is 0.364. The van der Waals surface area contributed by atoms with E-state index in [9.17, 15) is 9.90 Å². The van der Waals surface area contributed by atoms with E-state index in [1.54, 1.807) is 0 Å². The van der Waals surface area contributed by atoms with Crippen LogP contribution in [-0.2, 0) is 0 Å². The average molecular weight is 334 g/mol. The molecule has 0 unspecified atom stereocenters. The molecule has 3 heterocycles. The maximum absolute atomic E-state index is 13.1. The number of carbonyl (C=O) groups excluding carboxylic acids is 1. The van der Waals surface area contributed by atoms with Crippen molar-refractivity contribution < 1.29 is 9.90 Å². The molecule has 1 atom stereocenters. The molecule has 0 radical (unpaired) electrons. The molecular formula is C19H14N2O2S. The van der Waals surface area contributed by atoms with E-state index >= 15 is 0 Å². The Morgan fingerprint density at radius 2 is 1.83 bits per heavy atom. The molecule has 0 aliphatic carbocycles.